The maximum atomic E-state index is 12.8. The summed E-state index contributed by atoms with van der Waals surface area (Å²) < 4.78 is 3.60. The van der Waals surface area contributed by atoms with Crippen molar-refractivity contribution >= 4 is 17.5 Å². The number of carbonyl (C=O) groups excluding carboxylic acids is 1. The molecular formula is C18H24N8O. The number of piperazine rings is 1. The minimum Gasteiger partial charge on any atom is -0.353 e. The molecule has 1 saturated heterocycles. The van der Waals surface area contributed by atoms with Gasteiger partial charge in [-0.2, -0.15) is 19.7 Å². The second kappa shape index (κ2) is 6.64. The molecule has 0 bridgehead atoms. The van der Waals surface area contributed by atoms with Crippen LogP contribution in [0.2, 0.25) is 0 Å². The van der Waals surface area contributed by atoms with Crippen LogP contribution in [0.1, 0.15) is 22.6 Å². The lowest BCUT2D eigenvalue weighted by Gasteiger charge is -2.36. The maximum absolute atomic E-state index is 12.8. The van der Waals surface area contributed by atoms with E-state index in [1.807, 2.05) is 43.5 Å². The number of aryl methyl sites for hydroxylation is 3. The Balaban J connectivity index is 1.45. The summed E-state index contributed by atoms with van der Waals surface area (Å²) in [5.74, 6) is 1.73. The molecule has 1 aliphatic rings. The molecule has 4 rings (SSSR count). The Morgan fingerprint density at radius 1 is 1.15 bits per heavy atom. The normalized spacial score (nSPS) is 15.0. The predicted molar refractivity (Wildman–Crippen MR) is 101 cm³/mol. The highest BCUT2D eigenvalue weighted by Crippen LogP contribution is 2.19. The molecule has 4 heterocycles. The van der Waals surface area contributed by atoms with Gasteiger partial charge >= 0.3 is 0 Å². The molecule has 0 aromatic carbocycles. The Labute approximate surface area is 157 Å². The maximum Gasteiger partial charge on any atom is 0.254 e. The van der Waals surface area contributed by atoms with Crippen molar-refractivity contribution in [3.8, 4) is 0 Å². The summed E-state index contributed by atoms with van der Waals surface area (Å²) in [7, 11) is 1.91. The van der Waals surface area contributed by atoms with Crippen molar-refractivity contribution in [2.24, 2.45) is 7.05 Å². The fraction of sp³-hybridized carbons (Fsp3) is 0.500. The number of rotatable bonds is 3. The first-order valence-corrected chi connectivity index (χ1v) is 9.13. The van der Waals surface area contributed by atoms with Crippen LogP contribution in [0, 0.1) is 20.8 Å². The van der Waals surface area contributed by atoms with Crippen LogP contribution in [0.25, 0.3) is 5.78 Å². The van der Waals surface area contributed by atoms with Crippen LogP contribution in [-0.4, -0.2) is 66.3 Å². The molecule has 9 nitrogen and oxygen atoms in total. The van der Waals surface area contributed by atoms with Gasteiger partial charge in [-0.1, -0.05) is 0 Å². The number of hydrogen-bond donors (Lipinski definition) is 0. The zero-order valence-corrected chi connectivity index (χ0v) is 16.2. The van der Waals surface area contributed by atoms with Crippen molar-refractivity contribution in [3.05, 3.63) is 35.0 Å². The Morgan fingerprint density at radius 2 is 1.89 bits per heavy atom. The number of aromatic nitrogens is 6. The highest BCUT2D eigenvalue weighted by Gasteiger charge is 2.24. The smallest absolute Gasteiger partial charge is 0.254 e. The molecule has 0 spiro atoms. The van der Waals surface area contributed by atoms with Crippen molar-refractivity contribution < 1.29 is 4.79 Å². The molecule has 142 valence electrons. The van der Waals surface area contributed by atoms with Gasteiger partial charge in [-0.15, -0.1) is 0 Å². The van der Waals surface area contributed by atoms with Gasteiger partial charge in [-0.25, -0.2) is 4.98 Å². The molecule has 0 aliphatic carbocycles. The van der Waals surface area contributed by atoms with Gasteiger partial charge < -0.3 is 9.80 Å². The molecule has 3 aromatic rings. The van der Waals surface area contributed by atoms with E-state index in [1.54, 1.807) is 4.52 Å². The van der Waals surface area contributed by atoms with Crippen molar-refractivity contribution in [3.63, 3.8) is 0 Å². The van der Waals surface area contributed by atoms with E-state index in [9.17, 15) is 4.79 Å². The third-order valence-electron chi connectivity index (χ3n) is 5.30. The molecule has 1 amide bonds. The van der Waals surface area contributed by atoms with Crippen LogP contribution < -0.4 is 4.90 Å². The van der Waals surface area contributed by atoms with Crippen LogP contribution in [0.5, 0.6) is 0 Å². The summed E-state index contributed by atoms with van der Waals surface area (Å²) in [6.45, 7) is 8.82. The van der Waals surface area contributed by atoms with E-state index in [4.69, 9.17) is 0 Å². The predicted octanol–water partition coefficient (Wildman–Crippen LogP) is 0.674. The standard InChI is InChI=1S/C18H24N8O/c1-12-9-16(26-18(21-12)19-11-20-26)24-5-7-25(8-6-24)17(27)10-15-13(2)22-23(4)14(15)3/h9,11H,5-8,10H2,1-4H3. The molecule has 9 heteroatoms. The molecule has 0 saturated carbocycles. The molecule has 3 aromatic heterocycles. The Kier molecular flexibility index (Phi) is 4.29. The molecule has 1 aliphatic heterocycles. The Morgan fingerprint density at radius 3 is 2.56 bits per heavy atom. The van der Waals surface area contributed by atoms with Gasteiger partial charge in [0.05, 0.1) is 12.1 Å². The molecule has 0 N–H and O–H groups in total. The number of hydrogen-bond acceptors (Lipinski definition) is 6. The molecule has 0 radical (unpaired) electrons. The average molecular weight is 368 g/mol. The monoisotopic (exact) mass is 368 g/mol. The largest absolute Gasteiger partial charge is 0.353 e. The number of anilines is 1. The molecule has 1 fully saturated rings. The average Bonchev–Trinajstić information content (AvgIpc) is 3.21. The first kappa shape index (κ1) is 17.4. The van der Waals surface area contributed by atoms with E-state index in [-0.39, 0.29) is 5.91 Å². The second-order valence-corrected chi connectivity index (χ2v) is 7.05. The van der Waals surface area contributed by atoms with Gasteiger partial charge in [0.15, 0.2) is 0 Å². The second-order valence-electron chi connectivity index (χ2n) is 7.05. The van der Waals surface area contributed by atoms with Crippen LogP contribution in [0.15, 0.2) is 12.4 Å². The Hall–Kier alpha value is -2.97. The van der Waals surface area contributed by atoms with E-state index in [0.29, 0.717) is 25.3 Å². The summed E-state index contributed by atoms with van der Waals surface area (Å²) >= 11 is 0. The van der Waals surface area contributed by atoms with Crippen molar-refractivity contribution in [1.29, 1.82) is 0 Å². The summed E-state index contributed by atoms with van der Waals surface area (Å²) in [5, 5.41) is 8.69. The fourth-order valence-electron chi connectivity index (χ4n) is 3.66. The van der Waals surface area contributed by atoms with E-state index < -0.39 is 0 Å². The minimum absolute atomic E-state index is 0.158. The lowest BCUT2D eigenvalue weighted by Crippen LogP contribution is -2.49. The van der Waals surface area contributed by atoms with Crippen LogP contribution in [0.4, 0.5) is 5.82 Å². The summed E-state index contributed by atoms with van der Waals surface area (Å²) in [6.07, 6.45) is 1.93. The van der Waals surface area contributed by atoms with E-state index >= 15 is 0 Å². The van der Waals surface area contributed by atoms with Gasteiger partial charge in [0.25, 0.3) is 5.78 Å². The number of fused-ring (bicyclic) bond motifs is 1. The third kappa shape index (κ3) is 3.13. The van der Waals surface area contributed by atoms with Crippen molar-refractivity contribution in [2.45, 2.75) is 27.2 Å². The first-order chi connectivity index (χ1) is 12.9. The van der Waals surface area contributed by atoms with Crippen LogP contribution in [-0.2, 0) is 18.3 Å². The van der Waals surface area contributed by atoms with Gasteiger partial charge in [-0.3, -0.25) is 9.48 Å². The summed E-state index contributed by atoms with van der Waals surface area (Å²) in [4.78, 5) is 25.5. The van der Waals surface area contributed by atoms with Gasteiger partial charge in [0.2, 0.25) is 5.91 Å². The molecule has 27 heavy (non-hydrogen) atoms. The SMILES string of the molecule is Cc1cc(N2CCN(C(=O)Cc3c(C)nn(C)c3C)CC2)n2ncnc2n1. The quantitative estimate of drug-likeness (QED) is 0.676. The fourth-order valence-corrected chi connectivity index (χ4v) is 3.66. The zero-order chi connectivity index (χ0) is 19.1. The van der Waals surface area contributed by atoms with E-state index in [1.165, 1.54) is 6.33 Å². The minimum atomic E-state index is 0.158. The van der Waals surface area contributed by atoms with Crippen LogP contribution >= 0.6 is 0 Å². The highest BCUT2D eigenvalue weighted by atomic mass is 16.2. The van der Waals surface area contributed by atoms with Gasteiger partial charge in [-0.05, 0) is 20.8 Å². The number of amides is 1. The number of nitrogens with zero attached hydrogens (tertiary/aromatic N) is 8. The molecular weight excluding hydrogens is 344 g/mol. The molecule has 0 unspecified atom stereocenters. The van der Waals surface area contributed by atoms with Crippen molar-refractivity contribution in [2.75, 3.05) is 31.1 Å². The number of carbonyl (C=O) groups is 1. The van der Waals surface area contributed by atoms with Gasteiger partial charge in [0, 0.05) is 56.2 Å². The summed E-state index contributed by atoms with van der Waals surface area (Å²) in [5.41, 5.74) is 3.94. The van der Waals surface area contributed by atoms with E-state index in [2.05, 4.69) is 25.1 Å². The first-order valence-electron chi connectivity index (χ1n) is 9.13. The zero-order valence-electron chi connectivity index (χ0n) is 16.2. The van der Waals surface area contributed by atoms with Crippen molar-refractivity contribution in [1.82, 2.24) is 34.3 Å². The van der Waals surface area contributed by atoms with Gasteiger partial charge in [0.1, 0.15) is 12.1 Å². The topological polar surface area (TPSA) is 84.5 Å². The molecule has 0 atom stereocenters. The Bertz CT molecular complexity index is 996. The third-order valence-corrected chi connectivity index (χ3v) is 5.30. The van der Waals surface area contributed by atoms with Crippen LogP contribution in [0.3, 0.4) is 0 Å². The van der Waals surface area contributed by atoms with E-state index in [0.717, 1.165) is 41.6 Å². The lowest BCUT2D eigenvalue weighted by molar-refractivity contribution is -0.130. The lowest BCUT2D eigenvalue weighted by atomic mass is 10.1. The summed E-state index contributed by atoms with van der Waals surface area (Å²) in [6, 6.07) is 2.02. The highest BCUT2D eigenvalue weighted by molar-refractivity contribution is 5.79.